The molecule has 0 atom stereocenters. The Balaban J connectivity index is 1.55. The quantitative estimate of drug-likeness (QED) is 0.629. The van der Waals surface area contributed by atoms with Crippen LogP contribution in [0.3, 0.4) is 0 Å². The third-order valence-electron chi connectivity index (χ3n) is 5.53. The van der Waals surface area contributed by atoms with Crippen LogP contribution < -0.4 is 5.32 Å². The van der Waals surface area contributed by atoms with Crippen molar-refractivity contribution in [2.75, 3.05) is 6.54 Å². The van der Waals surface area contributed by atoms with E-state index < -0.39 is 5.41 Å². The maximum atomic E-state index is 13.3. The lowest BCUT2D eigenvalue weighted by molar-refractivity contribution is -0.126. The summed E-state index contributed by atoms with van der Waals surface area (Å²) in [4.78, 5) is 13.3. The molecule has 1 aliphatic rings. The lowest BCUT2D eigenvalue weighted by Crippen LogP contribution is -2.44. The Labute approximate surface area is 163 Å². The van der Waals surface area contributed by atoms with Gasteiger partial charge in [-0.05, 0) is 54.8 Å². The van der Waals surface area contributed by atoms with Gasteiger partial charge in [0.2, 0.25) is 5.91 Å². The van der Waals surface area contributed by atoms with Gasteiger partial charge in [0.25, 0.3) is 0 Å². The van der Waals surface area contributed by atoms with Crippen molar-refractivity contribution in [1.82, 2.24) is 5.32 Å². The Morgan fingerprint density at radius 2 is 1.59 bits per heavy atom. The summed E-state index contributed by atoms with van der Waals surface area (Å²) in [6.45, 7) is 0.426. The van der Waals surface area contributed by atoms with E-state index in [0.717, 1.165) is 42.8 Å². The average molecular weight is 384 g/mol. The van der Waals surface area contributed by atoms with Crippen LogP contribution in [0.5, 0.6) is 0 Å². The first-order valence-corrected chi connectivity index (χ1v) is 9.68. The molecular weight excluding hydrogens is 362 g/mol. The van der Waals surface area contributed by atoms with Gasteiger partial charge in [-0.2, -0.15) is 0 Å². The molecule has 0 radical (unpaired) electrons. The van der Waals surface area contributed by atoms with Gasteiger partial charge >= 0.3 is 0 Å². The molecule has 1 aromatic carbocycles. The molecule has 1 amide bonds. The van der Waals surface area contributed by atoms with Crippen molar-refractivity contribution in [3.8, 4) is 0 Å². The van der Waals surface area contributed by atoms with Crippen molar-refractivity contribution in [2.45, 2.75) is 37.0 Å². The van der Waals surface area contributed by atoms with Crippen molar-refractivity contribution >= 4 is 17.5 Å². The standard InChI is InChI=1S/C22H22ClNO3/c23-17-9-7-16(8-10-17)22(11-1-2-12-22)21(25)24-15-18(19-5-3-13-26-19)20-6-4-14-27-20/h3-10,13-14,18H,1-2,11-12,15H2,(H,24,25). The van der Waals surface area contributed by atoms with Crippen LogP contribution >= 0.6 is 11.6 Å². The number of carbonyl (C=O) groups excluding carboxylic acids is 1. The van der Waals surface area contributed by atoms with Gasteiger partial charge in [0.15, 0.2) is 0 Å². The van der Waals surface area contributed by atoms with Crippen molar-refractivity contribution in [3.63, 3.8) is 0 Å². The summed E-state index contributed by atoms with van der Waals surface area (Å²) < 4.78 is 11.1. The van der Waals surface area contributed by atoms with Gasteiger partial charge in [0, 0.05) is 11.6 Å². The Morgan fingerprint density at radius 1 is 1.00 bits per heavy atom. The maximum Gasteiger partial charge on any atom is 0.230 e. The van der Waals surface area contributed by atoms with Crippen LogP contribution in [-0.2, 0) is 10.2 Å². The zero-order chi connectivity index (χ0) is 18.7. The summed E-state index contributed by atoms with van der Waals surface area (Å²) in [6, 6.07) is 15.2. The van der Waals surface area contributed by atoms with Crippen LogP contribution in [0.25, 0.3) is 0 Å². The smallest absolute Gasteiger partial charge is 0.230 e. The van der Waals surface area contributed by atoms with Crippen LogP contribution in [-0.4, -0.2) is 12.5 Å². The first-order chi connectivity index (χ1) is 13.2. The van der Waals surface area contributed by atoms with E-state index in [1.54, 1.807) is 12.5 Å². The summed E-state index contributed by atoms with van der Waals surface area (Å²) in [7, 11) is 0. The molecule has 0 spiro atoms. The largest absolute Gasteiger partial charge is 0.469 e. The summed E-state index contributed by atoms with van der Waals surface area (Å²) >= 11 is 6.04. The van der Waals surface area contributed by atoms with Gasteiger partial charge < -0.3 is 14.2 Å². The number of benzene rings is 1. The molecule has 27 heavy (non-hydrogen) atoms. The SMILES string of the molecule is O=C(NCC(c1ccco1)c1ccco1)C1(c2ccc(Cl)cc2)CCCC1. The van der Waals surface area contributed by atoms with Crippen LogP contribution in [0.1, 0.15) is 48.7 Å². The topological polar surface area (TPSA) is 55.4 Å². The van der Waals surface area contributed by atoms with Gasteiger partial charge in [-0.3, -0.25) is 4.79 Å². The van der Waals surface area contributed by atoms with Crippen LogP contribution in [0, 0.1) is 0 Å². The molecular formula is C22H22ClNO3. The molecule has 2 heterocycles. The van der Waals surface area contributed by atoms with Crippen LogP contribution in [0.2, 0.25) is 5.02 Å². The first kappa shape index (κ1) is 17.9. The fourth-order valence-corrected chi connectivity index (χ4v) is 4.20. The Morgan fingerprint density at radius 3 is 2.11 bits per heavy atom. The third kappa shape index (κ3) is 3.54. The highest BCUT2D eigenvalue weighted by Crippen LogP contribution is 2.42. The molecule has 4 rings (SSSR count). The van der Waals surface area contributed by atoms with E-state index in [4.69, 9.17) is 20.4 Å². The molecule has 1 fully saturated rings. The monoisotopic (exact) mass is 383 g/mol. The minimum Gasteiger partial charge on any atom is -0.469 e. The lowest BCUT2D eigenvalue weighted by Gasteiger charge is -2.29. The van der Waals surface area contributed by atoms with Crippen molar-refractivity contribution in [3.05, 3.63) is 83.2 Å². The van der Waals surface area contributed by atoms with E-state index >= 15 is 0 Å². The second-order valence-corrected chi connectivity index (χ2v) is 7.53. The molecule has 0 unspecified atom stereocenters. The highest BCUT2D eigenvalue weighted by Gasteiger charge is 2.42. The predicted molar refractivity (Wildman–Crippen MR) is 104 cm³/mol. The Kier molecular flexibility index (Phi) is 5.08. The Hall–Kier alpha value is -2.46. The van der Waals surface area contributed by atoms with Crippen molar-refractivity contribution < 1.29 is 13.6 Å². The summed E-state index contributed by atoms with van der Waals surface area (Å²) in [5.41, 5.74) is 0.552. The maximum absolute atomic E-state index is 13.3. The fourth-order valence-electron chi connectivity index (χ4n) is 4.08. The van der Waals surface area contributed by atoms with Gasteiger partial charge in [-0.15, -0.1) is 0 Å². The second kappa shape index (κ2) is 7.65. The highest BCUT2D eigenvalue weighted by molar-refractivity contribution is 6.30. The number of hydrogen-bond donors (Lipinski definition) is 1. The number of nitrogens with one attached hydrogen (secondary N) is 1. The summed E-state index contributed by atoms with van der Waals surface area (Å²) in [6.07, 6.45) is 7.09. The minimum absolute atomic E-state index is 0.0606. The predicted octanol–water partition coefficient (Wildman–Crippen LogP) is 5.29. The van der Waals surface area contributed by atoms with E-state index in [9.17, 15) is 4.79 Å². The zero-order valence-corrected chi connectivity index (χ0v) is 15.7. The van der Waals surface area contributed by atoms with E-state index in [1.807, 2.05) is 48.5 Å². The molecule has 5 heteroatoms. The molecule has 3 aromatic rings. The van der Waals surface area contributed by atoms with Crippen LogP contribution in [0.4, 0.5) is 0 Å². The molecule has 140 valence electrons. The average Bonchev–Trinajstić information content (AvgIpc) is 3.45. The molecule has 0 aliphatic heterocycles. The van der Waals surface area contributed by atoms with E-state index in [0.29, 0.717) is 11.6 Å². The van der Waals surface area contributed by atoms with Gasteiger partial charge in [-0.25, -0.2) is 0 Å². The minimum atomic E-state index is -0.485. The Bertz CT molecular complexity index is 829. The number of furan rings is 2. The van der Waals surface area contributed by atoms with Crippen LogP contribution in [0.15, 0.2) is 69.9 Å². The molecule has 1 saturated carbocycles. The number of rotatable bonds is 6. The molecule has 1 aliphatic carbocycles. The fraction of sp³-hybridized carbons (Fsp3) is 0.318. The van der Waals surface area contributed by atoms with Gasteiger partial charge in [0.1, 0.15) is 11.5 Å². The van der Waals surface area contributed by atoms with Crippen molar-refractivity contribution in [1.29, 1.82) is 0 Å². The first-order valence-electron chi connectivity index (χ1n) is 9.30. The molecule has 0 bridgehead atoms. The number of carbonyl (C=O) groups is 1. The van der Waals surface area contributed by atoms with Crippen molar-refractivity contribution in [2.24, 2.45) is 0 Å². The number of hydrogen-bond acceptors (Lipinski definition) is 3. The number of amides is 1. The molecule has 0 saturated heterocycles. The molecule has 2 aromatic heterocycles. The summed E-state index contributed by atoms with van der Waals surface area (Å²) in [5, 5.41) is 3.85. The highest BCUT2D eigenvalue weighted by atomic mass is 35.5. The summed E-state index contributed by atoms with van der Waals surface area (Å²) in [5.74, 6) is 1.46. The van der Waals surface area contributed by atoms with Gasteiger partial charge in [0.05, 0.1) is 23.9 Å². The van der Waals surface area contributed by atoms with E-state index in [-0.39, 0.29) is 11.8 Å². The second-order valence-electron chi connectivity index (χ2n) is 7.09. The third-order valence-corrected chi connectivity index (χ3v) is 5.78. The van der Waals surface area contributed by atoms with E-state index in [1.165, 1.54) is 0 Å². The lowest BCUT2D eigenvalue weighted by atomic mass is 9.78. The normalized spacial score (nSPS) is 15.9. The number of halogens is 1. The molecule has 1 N–H and O–H groups in total. The molecule has 4 nitrogen and oxygen atoms in total. The van der Waals surface area contributed by atoms with Gasteiger partial charge in [-0.1, -0.05) is 36.6 Å². The zero-order valence-electron chi connectivity index (χ0n) is 15.0. The van der Waals surface area contributed by atoms with E-state index in [2.05, 4.69) is 5.32 Å².